The van der Waals surface area contributed by atoms with Crippen LogP contribution in [0.1, 0.15) is 59.3 Å². The highest BCUT2D eigenvalue weighted by Gasteiger charge is 2.27. The van der Waals surface area contributed by atoms with Crippen molar-refractivity contribution >= 4 is 0 Å². The molecule has 0 aliphatic heterocycles. The summed E-state index contributed by atoms with van der Waals surface area (Å²) in [5.41, 5.74) is 6.35. The van der Waals surface area contributed by atoms with Crippen molar-refractivity contribution in [2.75, 3.05) is 0 Å². The van der Waals surface area contributed by atoms with Crippen molar-refractivity contribution in [1.82, 2.24) is 0 Å². The van der Waals surface area contributed by atoms with Crippen LogP contribution in [0, 0.1) is 11.8 Å². The second kappa shape index (κ2) is 4.45. The highest BCUT2D eigenvalue weighted by Crippen LogP contribution is 2.32. The molecule has 0 bridgehead atoms. The molecule has 13 heavy (non-hydrogen) atoms. The second-order valence-electron chi connectivity index (χ2n) is 5.37. The summed E-state index contributed by atoms with van der Waals surface area (Å²) in [6.45, 7) is 6.69. The molecule has 0 saturated heterocycles. The van der Waals surface area contributed by atoms with Crippen molar-refractivity contribution in [1.29, 1.82) is 0 Å². The van der Waals surface area contributed by atoms with Gasteiger partial charge in [0.25, 0.3) is 0 Å². The molecule has 0 heterocycles. The highest BCUT2D eigenvalue weighted by molar-refractivity contribution is 4.85. The quantitative estimate of drug-likeness (QED) is 0.713. The average Bonchev–Trinajstić information content (AvgIpc) is 2.05. The Hall–Kier alpha value is -0.0400. The third-order valence-electron chi connectivity index (χ3n) is 3.77. The zero-order chi connectivity index (χ0) is 9.90. The van der Waals surface area contributed by atoms with Crippen LogP contribution >= 0.6 is 0 Å². The fourth-order valence-electron chi connectivity index (χ4n) is 2.25. The molecule has 1 aliphatic rings. The van der Waals surface area contributed by atoms with Crippen LogP contribution in [0.4, 0.5) is 0 Å². The van der Waals surface area contributed by atoms with E-state index in [-0.39, 0.29) is 5.54 Å². The molecule has 0 aromatic heterocycles. The number of hydrogen-bond acceptors (Lipinski definition) is 1. The SMILES string of the molecule is CC(C)C(C)(N)CC1CCCCC1. The molecule has 1 nitrogen and oxygen atoms in total. The van der Waals surface area contributed by atoms with Crippen molar-refractivity contribution in [3.63, 3.8) is 0 Å². The van der Waals surface area contributed by atoms with Crippen LogP contribution in [0.3, 0.4) is 0 Å². The largest absolute Gasteiger partial charge is 0.325 e. The van der Waals surface area contributed by atoms with Gasteiger partial charge in [-0.3, -0.25) is 0 Å². The monoisotopic (exact) mass is 183 g/mol. The maximum atomic E-state index is 6.29. The Balaban J connectivity index is 2.37. The smallest absolute Gasteiger partial charge is 0.0151 e. The van der Waals surface area contributed by atoms with Gasteiger partial charge in [-0.1, -0.05) is 46.0 Å². The Bertz CT molecular complexity index is 143. The lowest BCUT2D eigenvalue weighted by Gasteiger charge is -2.34. The fraction of sp³-hybridized carbons (Fsp3) is 1.00. The van der Waals surface area contributed by atoms with Crippen LogP contribution in [0.5, 0.6) is 0 Å². The summed E-state index contributed by atoms with van der Waals surface area (Å²) >= 11 is 0. The summed E-state index contributed by atoms with van der Waals surface area (Å²) < 4.78 is 0. The van der Waals surface area contributed by atoms with E-state index in [9.17, 15) is 0 Å². The zero-order valence-corrected chi connectivity index (χ0v) is 9.47. The minimum atomic E-state index is 0.0575. The van der Waals surface area contributed by atoms with E-state index in [2.05, 4.69) is 20.8 Å². The molecule has 1 rings (SSSR count). The summed E-state index contributed by atoms with van der Waals surface area (Å²) in [4.78, 5) is 0. The van der Waals surface area contributed by atoms with Gasteiger partial charge in [-0.15, -0.1) is 0 Å². The summed E-state index contributed by atoms with van der Waals surface area (Å²) in [5, 5.41) is 0. The standard InChI is InChI=1S/C12H25N/c1-10(2)12(3,13)9-11-7-5-4-6-8-11/h10-11H,4-9,13H2,1-3H3. The van der Waals surface area contributed by atoms with Gasteiger partial charge in [-0.05, 0) is 25.2 Å². The lowest BCUT2D eigenvalue weighted by molar-refractivity contribution is 0.225. The van der Waals surface area contributed by atoms with Gasteiger partial charge in [0.15, 0.2) is 0 Å². The third kappa shape index (κ3) is 3.30. The van der Waals surface area contributed by atoms with Crippen molar-refractivity contribution in [3.05, 3.63) is 0 Å². The summed E-state index contributed by atoms with van der Waals surface area (Å²) in [6.07, 6.45) is 8.36. The number of nitrogens with two attached hydrogens (primary N) is 1. The van der Waals surface area contributed by atoms with E-state index in [4.69, 9.17) is 5.73 Å². The van der Waals surface area contributed by atoms with Crippen LogP contribution in [0.15, 0.2) is 0 Å². The average molecular weight is 183 g/mol. The number of hydrogen-bond donors (Lipinski definition) is 1. The molecule has 1 aliphatic carbocycles. The minimum absolute atomic E-state index is 0.0575. The van der Waals surface area contributed by atoms with Gasteiger partial charge in [-0.25, -0.2) is 0 Å². The Morgan fingerprint density at radius 1 is 1.23 bits per heavy atom. The van der Waals surface area contributed by atoms with Crippen molar-refractivity contribution in [2.45, 2.75) is 64.8 Å². The van der Waals surface area contributed by atoms with Gasteiger partial charge in [0.1, 0.15) is 0 Å². The van der Waals surface area contributed by atoms with E-state index in [1.54, 1.807) is 0 Å². The molecule has 0 amide bonds. The molecule has 1 unspecified atom stereocenters. The van der Waals surface area contributed by atoms with Gasteiger partial charge in [0.05, 0.1) is 0 Å². The molecule has 0 radical (unpaired) electrons. The highest BCUT2D eigenvalue weighted by atomic mass is 14.7. The van der Waals surface area contributed by atoms with E-state index in [1.807, 2.05) is 0 Å². The van der Waals surface area contributed by atoms with Crippen LogP contribution in [-0.2, 0) is 0 Å². The third-order valence-corrected chi connectivity index (χ3v) is 3.77. The van der Waals surface area contributed by atoms with Crippen LogP contribution < -0.4 is 5.73 Å². The molecule has 1 saturated carbocycles. The molecule has 78 valence electrons. The first-order valence-corrected chi connectivity index (χ1v) is 5.81. The molecular formula is C12H25N. The van der Waals surface area contributed by atoms with Gasteiger partial charge in [0.2, 0.25) is 0 Å². The summed E-state index contributed by atoms with van der Waals surface area (Å²) in [7, 11) is 0. The Labute approximate surface area is 83.1 Å². The Kier molecular flexibility index (Phi) is 3.78. The van der Waals surface area contributed by atoms with Crippen molar-refractivity contribution < 1.29 is 0 Å². The summed E-state index contributed by atoms with van der Waals surface area (Å²) in [6, 6.07) is 0. The Morgan fingerprint density at radius 3 is 2.23 bits per heavy atom. The lowest BCUT2D eigenvalue weighted by Crippen LogP contribution is -2.43. The molecule has 1 atom stereocenters. The lowest BCUT2D eigenvalue weighted by atomic mass is 9.76. The van der Waals surface area contributed by atoms with E-state index >= 15 is 0 Å². The molecule has 0 aromatic rings. The van der Waals surface area contributed by atoms with Crippen LogP contribution in [0.25, 0.3) is 0 Å². The molecule has 1 fully saturated rings. The number of rotatable bonds is 3. The fourth-order valence-corrected chi connectivity index (χ4v) is 2.25. The predicted molar refractivity (Wildman–Crippen MR) is 58.6 cm³/mol. The summed E-state index contributed by atoms with van der Waals surface area (Å²) in [5.74, 6) is 1.51. The predicted octanol–water partition coefficient (Wildman–Crippen LogP) is 3.33. The molecule has 2 N–H and O–H groups in total. The minimum Gasteiger partial charge on any atom is -0.325 e. The zero-order valence-electron chi connectivity index (χ0n) is 9.47. The van der Waals surface area contributed by atoms with E-state index in [0.717, 1.165) is 5.92 Å². The maximum Gasteiger partial charge on any atom is 0.0151 e. The van der Waals surface area contributed by atoms with Gasteiger partial charge in [0, 0.05) is 5.54 Å². The first-order chi connectivity index (χ1) is 6.02. The van der Waals surface area contributed by atoms with Crippen molar-refractivity contribution in [3.8, 4) is 0 Å². The van der Waals surface area contributed by atoms with Crippen molar-refractivity contribution in [2.24, 2.45) is 17.6 Å². The van der Waals surface area contributed by atoms with Crippen LogP contribution in [0.2, 0.25) is 0 Å². The van der Waals surface area contributed by atoms with E-state index in [1.165, 1.54) is 38.5 Å². The maximum absolute atomic E-state index is 6.29. The van der Waals surface area contributed by atoms with Gasteiger partial charge in [-0.2, -0.15) is 0 Å². The molecular weight excluding hydrogens is 158 g/mol. The second-order valence-corrected chi connectivity index (χ2v) is 5.37. The van der Waals surface area contributed by atoms with E-state index < -0.39 is 0 Å². The normalized spacial score (nSPS) is 24.7. The molecule has 0 aromatic carbocycles. The Morgan fingerprint density at radius 2 is 1.77 bits per heavy atom. The molecule has 1 heteroatoms. The molecule has 0 spiro atoms. The first kappa shape index (κ1) is 11.0. The van der Waals surface area contributed by atoms with Gasteiger partial charge >= 0.3 is 0 Å². The van der Waals surface area contributed by atoms with Gasteiger partial charge < -0.3 is 5.73 Å². The topological polar surface area (TPSA) is 26.0 Å². The first-order valence-electron chi connectivity index (χ1n) is 5.81. The van der Waals surface area contributed by atoms with Crippen LogP contribution in [-0.4, -0.2) is 5.54 Å². The van der Waals surface area contributed by atoms with E-state index in [0.29, 0.717) is 5.92 Å².